The van der Waals surface area contributed by atoms with Gasteiger partial charge in [-0.15, -0.1) is 0 Å². The summed E-state index contributed by atoms with van der Waals surface area (Å²) in [6, 6.07) is 7.93. The molecule has 1 aromatic carbocycles. The molecular weight excluding hydrogens is 264 g/mol. The molecule has 0 bridgehead atoms. The van der Waals surface area contributed by atoms with Gasteiger partial charge in [0, 0.05) is 19.1 Å². The van der Waals surface area contributed by atoms with Crippen LogP contribution in [0.25, 0.3) is 11.0 Å². The lowest BCUT2D eigenvalue weighted by Crippen LogP contribution is -2.44. The molecule has 5 heteroatoms. The van der Waals surface area contributed by atoms with E-state index in [0.717, 1.165) is 55.9 Å². The summed E-state index contributed by atoms with van der Waals surface area (Å²) in [6.45, 7) is 3.75. The molecule has 0 radical (unpaired) electrons. The molecule has 1 saturated heterocycles. The molecule has 2 heterocycles. The van der Waals surface area contributed by atoms with Gasteiger partial charge in [-0.1, -0.05) is 12.1 Å². The number of rotatable bonds is 5. The normalized spacial score (nSPS) is 17.8. The van der Waals surface area contributed by atoms with Crippen molar-refractivity contribution in [3.63, 3.8) is 0 Å². The van der Waals surface area contributed by atoms with Crippen LogP contribution in [0.5, 0.6) is 0 Å². The second-order valence-corrected chi connectivity index (χ2v) is 5.78. The van der Waals surface area contributed by atoms with Crippen LogP contribution in [0.4, 0.5) is 5.82 Å². The smallest absolute Gasteiger partial charge is 0.145 e. The van der Waals surface area contributed by atoms with E-state index in [1.807, 2.05) is 30.5 Å². The van der Waals surface area contributed by atoms with Gasteiger partial charge < -0.3 is 15.4 Å². The van der Waals surface area contributed by atoms with Crippen molar-refractivity contribution in [2.24, 2.45) is 5.41 Å². The molecule has 0 unspecified atom stereocenters. The monoisotopic (exact) mass is 286 g/mol. The highest BCUT2D eigenvalue weighted by Gasteiger charge is 2.32. The van der Waals surface area contributed by atoms with Crippen molar-refractivity contribution in [1.82, 2.24) is 15.3 Å². The van der Waals surface area contributed by atoms with Gasteiger partial charge in [0.15, 0.2) is 0 Å². The molecule has 2 N–H and O–H groups in total. The number of nitrogens with zero attached hydrogens (tertiary/aromatic N) is 2. The van der Waals surface area contributed by atoms with E-state index in [0.29, 0.717) is 0 Å². The topological polar surface area (TPSA) is 59.1 Å². The molecule has 1 aliphatic rings. The van der Waals surface area contributed by atoms with Crippen molar-refractivity contribution in [3.8, 4) is 0 Å². The van der Waals surface area contributed by atoms with Gasteiger partial charge in [0.2, 0.25) is 0 Å². The number of hydrogen-bond acceptors (Lipinski definition) is 5. The molecule has 2 aromatic rings. The molecule has 0 amide bonds. The third-order valence-electron chi connectivity index (χ3n) is 4.21. The number of aromatic nitrogens is 2. The van der Waals surface area contributed by atoms with Crippen molar-refractivity contribution >= 4 is 16.9 Å². The SMILES string of the molecule is COCC1(CNc2cnc3ccccc3n2)CCNCC1. The lowest BCUT2D eigenvalue weighted by molar-refractivity contribution is 0.0635. The van der Waals surface area contributed by atoms with Gasteiger partial charge in [-0.25, -0.2) is 4.98 Å². The van der Waals surface area contributed by atoms with Crippen LogP contribution in [-0.4, -0.2) is 43.3 Å². The molecule has 1 fully saturated rings. The van der Waals surface area contributed by atoms with Crippen molar-refractivity contribution in [2.45, 2.75) is 12.8 Å². The zero-order chi connectivity index (χ0) is 14.5. The van der Waals surface area contributed by atoms with Crippen LogP contribution in [-0.2, 0) is 4.74 Å². The van der Waals surface area contributed by atoms with E-state index < -0.39 is 0 Å². The number of ether oxygens (including phenoxy) is 1. The second kappa shape index (κ2) is 6.37. The lowest BCUT2D eigenvalue weighted by atomic mass is 9.79. The van der Waals surface area contributed by atoms with E-state index in [4.69, 9.17) is 4.74 Å². The Morgan fingerprint density at radius 1 is 1.24 bits per heavy atom. The van der Waals surface area contributed by atoms with E-state index in [2.05, 4.69) is 20.6 Å². The Kier molecular flexibility index (Phi) is 4.31. The fourth-order valence-corrected chi connectivity index (χ4v) is 2.96. The quantitative estimate of drug-likeness (QED) is 0.881. The first kappa shape index (κ1) is 14.2. The maximum absolute atomic E-state index is 5.44. The predicted molar refractivity (Wildman–Crippen MR) is 84.4 cm³/mol. The van der Waals surface area contributed by atoms with Crippen molar-refractivity contribution in [3.05, 3.63) is 30.5 Å². The highest BCUT2D eigenvalue weighted by molar-refractivity contribution is 5.75. The minimum absolute atomic E-state index is 0.188. The first-order valence-electron chi connectivity index (χ1n) is 7.47. The molecule has 5 nitrogen and oxygen atoms in total. The molecule has 1 aromatic heterocycles. The molecule has 0 aliphatic carbocycles. The Balaban J connectivity index is 1.71. The van der Waals surface area contributed by atoms with Crippen LogP contribution in [0, 0.1) is 5.41 Å². The number of para-hydroxylation sites is 2. The maximum atomic E-state index is 5.44. The summed E-state index contributed by atoms with van der Waals surface area (Å²) >= 11 is 0. The van der Waals surface area contributed by atoms with Crippen LogP contribution in [0.3, 0.4) is 0 Å². The van der Waals surface area contributed by atoms with Gasteiger partial charge in [-0.2, -0.15) is 0 Å². The van der Waals surface area contributed by atoms with Crippen molar-refractivity contribution in [1.29, 1.82) is 0 Å². The first-order valence-corrected chi connectivity index (χ1v) is 7.47. The van der Waals surface area contributed by atoms with Crippen LogP contribution in [0.1, 0.15) is 12.8 Å². The Morgan fingerprint density at radius 2 is 2.00 bits per heavy atom. The van der Waals surface area contributed by atoms with Gasteiger partial charge in [0.25, 0.3) is 0 Å². The average Bonchev–Trinajstić information content (AvgIpc) is 2.54. The van der Waals surface area contributed by atoms with E-state index >= 15 is 0 Å². The minimum atomic E-state index is 0.188. The molecule has 112 valence electrons. The average molecular weight is 286 g/mol. The second-order valence-electron chi connectivity index (χ2n) is 5.78. The Labute approximate surface area is 125 Å². The number of nitrogens with one attached hydrogen (secondary N) is 2. The summed E-state index contributed by atoms with van der Waals surface area (Å²) in [6.07, 6.45) is 4.05. The largest absolute Gasteiger partial charge is 0.384 e. The maximum Gasteiger partial charge on any atom is 0.145 e. The number of anilines is 1. The zero-order valence-corrected chi connectivity index (χ0v) is 12.4. The van der Waals surface area contributed by atoms with E-state index in [1.54, 1.807) is 7.11 Å². The van der Waals surface area contributed by atoms with E-state index in [-0.39, 0.29) is 5.41 Å². The molecule has 0 saturated carbocycles. The standard InChI is InChI=1S/C16H22N4O/c1-21-12-16(6-8-17-9-7-16)11-19-15-10-18-13-4-2-3-5-14(13)20-15/h2-5,10,17H,6-9,11-12H2,1H3,(H,19,20). The van der Waals surface area contributed by atoms with Gasteiger partial charge in [-0.3, -0.25) is 4.98 Å². The number of piperidine rings is 1. The summed E-state index contributed by atoms with van der Waals surface area (Å²) < 4.78 is 5.44. The number of benzene rings is 1. The molecule has 21 heavy (non-hydrogen) atoms. The van der Waals surface area contributed by atoms with Gasteiger partial charge in [0.05, 0.1) is 23.8 Å². The van der Waals surface area contributed by atoms with Crippen LogP contribution < -0.4 is 10.6 Å². The Bertz CT molecular complexity index is 590. The molecular formula is C16H22N4O. The van der Waals surface area contributed by atoms with E-state index in [9.17, 15) is 0 Å². The predicted octanol–water partition coefficient (Wildman–Crippen LogP) is 2.06. The Hall–Kier alpha value is -1.72. The Morgan fingerprint density at radius 3 is 2.76 bits per heavy atom. The van der Waals surface area contributed by atoms with Crippen LogP contribution in [0.15, 0.2) is 30.5 Å². The molecule has 0 atom stereocenters. The summed E-state index contributed by atoms with van der Waals surface area (Å²) in [5, 5.41) is 6.86. The van der Waals surface area contributed by atoms with Gasteiger partial charge in [0.1, 0.15) is 5.82 Å². The minimum Gasteiger partial charge on any atom is -0.384 e. The third-order valence-corrected chi connectivity index (χ3v) is 4.21. The van der Waals surface area contributed by atoms with Crippen molar-refractivity contribution in [2.75, 3.05) is 38.7 Å². The number of methoxy groups -OCH3 is 1. The summed E-state index contributed by atoms with van der Waals surface area (Å²) in [4.78, 5) is 9.07. The highest BCUT2D eigenvalue weighted by Crippen LogP contribution is 2.29. The van der Waals surface area contributed by atoms with Crippen LogP contribution >= 0.6 is 0 Å². The van der Waals surface area contributed by atoms with Gasteiger partial charge in [-0.05, 0) is 38.1 Å². The summed E-state index contributed by atoms with van der Waals surface area (Å²) in [7, 11) is 1.78. The third kappa shape index (κ3) is 3.31. The highest BCUT2D eigenvalue weighted by atomic mass is 16.5. The fraction of sp³-hybridized carbons (Fsp3) is 0.500. The number of fused-ring (bicyclic) bond motifs is 1. The van der Waals surface area contributed by atoms with Crippen LogP contribution in [0.2, 0.25) is 0 Å². The number of hydrogen-bond donors (Lipinski definition) is 2. The molecule has 0 spiro atoms. The first-order chi connectivity index (χ1) is 10.3. The van der Waals surface area contributed by atoms with Gasteiger partial charge >= 0.3 is 0 Å². The summed E-state index contributed by atoms with van der Waals surface area (Å²) in [5.41, 5.74) is 2.04. The lowest BCUT2D eigenvalue weighted by Gasteiger charge is -2.37. The summed E-state index contributed by atoms with van der Waals surface area (Å²) in [5.74, 6) is 0.836. The zero-order valence-electron chi connectivity index (χ0n) is 12.4. The van der Waals surface area contributed by atoms with Crippen molar-refractivity contribution < 1.29 is 4.74 Å². The fourth-order valence-electron chi connectivity index (χ4n) is 2.96. The molecule has 3 rings (SSSR count). The van der Waals surface area contributed by atoms with E-state index in [1.165, 1.54) is 0 Å². The molecule has 1 aliphatic heterocycles.